The number of pyridine rings is 2. The van der Waals surface area contributed by atoms with Crippen molar-refractivity contribution < 1.29 is 13.9 Å². The van der Waals surface area contributed by atoms with E-state index in [4.69, 9.17) is 25.6 Å². The number of fused-ring (bicyclic) bond motifs is 1. The predicted octanol–water partition coefficient (Wildman–Crippen LogP) is 5.56. The number of anilines is 1. The van der Waals surface area contributed by atoms with Crippen LogP contribution in [0.5, 0.6) is 0 Å². The van der Waals surface area contributed by atoms with Crippen molar-refractivity contribution in [3.63, 3.8) is 0 Å². The number of aromatic nitrogens is 3. The lowest BCUT2D eigenvalue weighted by atomic mass is 9.89. The summed E-state index contributed by atoms with van der Waals surface area (Å²) in [4.78, 5) is 27.9. The number of rotatable bonds is 8. The number of carbonyl (C=O) groups excluding carboxylic acids is 1. The quantitative estimate of drug-likeness (QED) is 0.312. The highest BCUT2D eigenvalue weighted by molar-refractivity contribution is 7.22. The minimum absolute atomic E-state index is 0.291. The van der Waals surface area contributed by atoms with Crippen LogP contribution in [0.15, 0.2) is 28.9 Å². The van der Waals surface area contributed by atoms with Crippen LogP contribution in [0, 0.1) is 18.8 Å². The maximum Gasteiger partial charge on any atom is 0.251 e. The summed E-state index contributed by atoms with van der Waals surface area (Å²) in [7, 11) is 0. The Morgan fingerprint density at radius 2 is 1.97 bits per heavy atom. The van der Waals surface area contributed by atoms with Gasteiger partial charge in [-0.1, -0.05) is 13.8 Å². The lowest BCUT2D eigenvalue weighted by Crippen LogP contribution is -2.20. The van der Waals surface area contributed by atoms with Gasteiger partial charge in [0.25, 0.3) is 5.91 Å². The third kappa shape index (κ3) is 5.24. The summed E-state index contributed by atoms with van der Waals surface area (Å²) >= 11 is 1.50. The van der Waals surface area contributed by atoms with Gasteiger partial charge in [-0.25, -0.2) is 9.97 Å². The Morgan fingerprint density at radius 3 is 2.62 bits per heavy atom. The number of oxazole rings is 1. The summed E-state index contributed by atoms with van der Waals surface area (Å²) in [6, 6.07) is 3.97. The molecule has 0 spiro atoms. The first-order chi connectivity index (χ1) is 17.8. The van der Waals surface area contributed by atoms with E-state index < -0.39 is 5.91 Å². The molecule has 1 fully saturated rings. The van der Waals surface area contributed by atoms with Crippen molar-refractivity contribution in [2.24, 2.45) is 17.6 Å². The van der Waals surface area contributed by atoms with Gasteiger partial charge < -0.3 is 20.6 Å². The zero-order valence-electron chi connectivity index (χ0n) is 21.5. The number of thiophene rings is 1. The van der Waals surface area contributed by atoms with Crippen LogP contribution in [0.25, 0.3) is 32.0 Å². The second-order valence-electron chi connectivity index (χ2n) is 10.2. The lowest BCUT2D eigenvalue weighted by Gasteiger charge is -2.23. The van der Waals surface area contributed by atoms with Gasteiger partial charge in [-0.2, -0.15) is 0 Å². The summed E-state index contributed by atoms with van der Waals surface area (Å²) in [6.45, 7) is 7.69. The van der Waals surface area contributed by atoms with E-state index >= 15 is 0 Å². The largest absolute Gasteiger partial charge is 0.441 e. The Hall–Kier alpha value is -3.30. The average Bonchev–Trinajstić information content (AvgIpc) is 3.49. The smallest absolute Gasteiger partial charge is 0.251 e. The molecule has 0 aromatic carbocycles. The summed E-state index contributed by atoms with van der Waals surface area (Å²) in [6.07, 6.45) is 7.82. The van der Waals surface area contributed by atoms with E-state index in [1.807, 2.05) is 19.1 Å². The third-order valence-corrected chi connectivity index (χ3v) is 8.06. The number of carbonyl (C=O) groups is 1. The van der Waals surface area contributed by atoms with E-state index in [1.54, 1.807) is 12.4 Å². The van der Waals surface area contributed by atoms with E-state index in [0.717, 1.165) is 76.4 Å². The molecule has 37 heavy (non-hydrogen) atoms. The van der Waals surface area contributed by atoms with Crippen molar-refractivity contribution in [3.05, 3.63) is 47.2 Å². The zero-order chi connectivity index (χ0) is 26.1. The lowest BCUT2D eigenvalue weighted by molar-refractivity contribution is 0.0639. The molecule has 0 radical (unpaired) electrons. The number of nitrogens with zero attached hydrogens (tertiary/aromatic N) is 3. The first kappa shape index (κ1) is 25.4. The molecule has 8 nitrogen and oxygen atoms in total. The molecule has 0 bridgehead atoms. The fourth-order valence-corrected chi connectivity index (χ4v) is 6.21. The minimum atomic E-state index is -0.512. The van der Waals surface area contributed by atoms with Crippen LogP contribution in [0.1, 0.15) is 60.6 Å². The van der Waals surface area contributed by atoms with E-state index in [2.05, 4.69) is 23.8 Å². The number of nitrogen functional groups attached to an aromatic ring is 1. The number of hydrogen-bond donors (Lipinski definition) is 2. The number of hydrogen-bond acceptors (Lipinski definition) is 8. The van der Waals surface area contributed by atoms with E-state index in [0.29, 0.717) is 41.3 Å². The highest BCUT2D eigenvalue weighted by Gasteiger charge is 2.29. The van der Waals surface area contributed by atoms with Crippen LogP contribution < -0.4 is 11.5 Å². The van der Waals surface area contributed by atoms with Crippen LogP contribution in [-0.2, 0) is 17.6 Å². The van der Waals surface area contributed by atoms with Crippen LogP contribution in [0.4, 0.5) is 5.82 Å². The first-order valence-electron chi connectivity index (χ1n) is 12.8. The van der Waals surface area contributed by atoms with Gasteiger partial charge in [0, 0.05) is 29.9 Å². The molecule has 5 rings (SSSR count). The first-order valence-corrected chi connectivity index (χ1v) is 13.6. The molecule has 0 unspecified atom stereocenters. The van der Waals surface area contributed by atoms with Crippen molar-refractivity contribution in [1.29, 1.82) is 0 Å². The van der Waals surface area contributed by atoms with Gasteiger partial charge in [0.05, 0.1) is 33.4 Å². The summed E-state index contributed by atoms with van der Waals surface area (Å²) in [5.74, 6) is 1.94. The molecule has 4 aromatic rings. The molecule has 0 saturated carbocycles. The normalized spacial score (nSPS) is 14.6. The summed E-state index contributed by atoms with van der Waals surface area (Å²) in [5, 5.41) is 0.962. The number of ether oxygens (including phenoxy) is 1. The van der Waals surface area contributed by atoms with Crippen molar-refractivity contribution in [2.75, 3.05) is 18.9 Å². The van der Waals surface area contributed by atoms with Gasteiger partial charge in [0.1, 0.15) is 11.6 Å². The summed E-state index contributed by atoms with van der Waals surface area (Å²) < 4.78 is 12.5. The standard InChI is InChI=1S/C28H33N5O3S/c1-15(2)12-20-22(27(30)34)24(21-13-18-6-9-31-26(29)25(18)37-21)23(28-32-14-16(3)36-28)19(33-20)5-4-17-7-10-35-11-8-17/h6,9,13-15,17H,4-5,7-8,10-12H2,1-3H3,(H2,29,31)(H2,30,34). The Labute approximate surface area is 220 Å². The van der Waals surface area contributed by atoms with Crippen molar-refractivity contribution >= 4 is 33.1 Å². The van der Waals surface area contributed by atoms with Crippen LogP contribution >= 0.6 is 11.3 Å². The van der Waals surface area contributed by atoms with Crippen molar-refractivity contribution in [2.45, 2.75) is 52.9 Å². The fourth-order valence-electron chi connectivity index (χ4n) is 5.10. The molecule has 1 aliphatic rings. The number of amides is 1. The second-order valence-corrected chi connectivity index (χ2v) is 11.2. The van der Waals surface area contributed by atoms with Gasteiger partial charge in [0.15, 0.2) is 0 Å². The molecular weight excluding hydrogens is 486 g/mol. The Morgan fingerprint density at radius 1 is 1.19 bits per heavy atom. The average molecular weight is 520 g/mol. The van der Waals surface area contributed by atoms with E-state index in [1.165, 1.54) is 11.3 Å². The molecule has 4 aromatic heterocycles. The minimum Gasteiger partial charge on any atom is -0.441 e. The zero-order valence-corrected chi connectivity index (χ0v) is 22.4. The Balaban J connectivity index is 1.77. The molecule has 0 aliphatic carbocycles. The SMILES string of the molecule is Cc1cnc(-c2c(CCC3CCOCC3)nc(CC(C)C)c(C(N)=O)c2-c2cc3ccnc(N)c3s2)o1. The van der Waals surface area contributed by atoms with E-state index in [-0.39, 0.29) is 0 Å². The second kappa shape index (κ2) is 10.6. The molecule has 194 valence electrons. The molecule has 9 heteroatoms. The number of primary amides is 1. The topological polar surface area (TPSA) is 130 Å². The maximum atomic E-state index is 13.1. The van der Waals surface area contributed by atoms with Crippen LogP contribution in [0.2, 0.25) is 0 Å². The van der Waals surface area contributed by atoms with Crippen LogP contribution in [-0.4, -0.2) is 34.1 Å². The monoisotopic (exact) mass is 519 g/mol. The molecule has 4 N–H and O–H groups in total. The van der Waals surface area contributed by atoms with Gasteiger partial charge in [-0.3, -0.25) is 9.78 Å². The van der Waals surface area contributed by atoms with Gasteiger partial charge in [-0.15, -0.1) is 11.3 Å². The van der Waals surface area contributed by atoms with Crippen molar-refractivity contribution in [3.8, 4) is 21.9 Å². The van der Waals surface area contributed by atoms with E-state index in [9.17, 15) is 4.79 Å². The molecule has 1 saturated heterocycles. The highest BCUT2D eigenvalue weighted by atomic mass is 32.1. The predicted molar refractivity (Wildman–Crippen MR) is 146 cm³/mol. The molecule has 1 amide bonds. The van der Waals surface area contributed by atoms with Crippen molar-refractivity contribution in [1.82, 2.24) is 15.0 Å². The van der Waals surface area contributed by atoms with Gasteiger partial charge in [0.2, 0.25) is 5.89 Å². The van der Waals surface area contributed by atoms with Gasteiger partial charge in [-0.05, 0) is 68.4 Å². The molecule has 5 heterocycles. The molecule has 1 aliphatic heterocycles. The Kier molecular flexibility index (Phi) is 7.26. The molecule has 0 atom stereocenters. The third-order valence-electron chi connectivity index (χ3n) is 6.87. The number of aryl methyl sites for hydroxylation is 2. The Bertz CT molecular complexity index is 1440. The number of nitrogens with two attached hydrogens (primary N) is 2. The highest BCUT2D eigenvalue weighted by Crippen LogP contribution is 2.44. The van der Waals surface area contributed by atoms with Crippen LogP contribution in [0.3, 0.4) is 0 Å². The molecular formula is C28H33N5O3S. The summed E-state index contributed by atoms with van der Waals surface area (Å²) in [5.41, 5.74) is 15.8. The van der Waals surface area contributed by atoms with Gasteiger partial charge >= 0.3 is 0 Å². The fraction of sp³-hybridized carbons (Fsp3) is 0.429. The maximum absolute atomic E-state index is 13.1.